The Morgan fingerprint density at radius 2 is 2.04 bits per heavy atom. The molecule has 2 heterocycles. The van der Waals surface area contributed by atoms with Crippen molar-refractivity contribution in [1.29, 1.82) is 0 Å². The third-order valence-electron chi connectivity index (χ3n) is 3.82. The number of esters is 1. The molecule has 1 N–H and O–H groups in total. The van der Waals surface area contributed by atoms with Crippen LogP contribution < -0.4 is 5.32 Å². The van der Waals surface area contributed by atoms with Gasteiger partial charge in [0.15, 0.2) is 5.78 Å². The number of ketones is 1. The summed E-state index contributed by atoms with van der Waals surface area (Å²) in [5, 5.41) is 7.66. The van der Waals surface area contributed by atoms with Gasteiger partial charge in [-0.15, -0.1) is 11.3 Å². The molecule has 1 atom stereocenters. The number of amides is 1. The van der Waals surface area contributed by atoms with Crippen molar-refractivity contribution >= 4 is 45.6 Å². The van der Waals surface area contributed by atoms with Crippen molar-refractivity contribution in [1.82, 2.24) is 9.78 Å². The molecule has 0 aliphatic heterocycles. The van der Waals surface area contributed by atoms with Crippen LogP contribution in [-0.4, -0.2) is 34.0 Å². The minimum absolute atomic E-state index is 0.180. The molecule has 0 bridgehead atoms. The second kappa shape index (κ2) is 8.01. The second-order valence-corrected chi connectivity index (χ2v) is 7.17. The largest absolute Gasteiger partial charge is 0.462 e. The van der Waals surface area contributed by atoms with Gasteiger partial charge in [0.05, 0.1) is 27.8 Å². The molecule has 1 unspecified atom stereocenters. The molecule has 1 amide bonds. The molecule has 9 heteroatoms. The number of nitrogens with zero attached hydrogens (tertiary/aromatic N) is 2. The molecule has 0 saturated heterocycles. The minimum Gasteiger partial charge on any atom is -0.462 e. The maximum absolute atomic E-state index is 12.6. The number of carbonyl (C=O) groups is 3. The Balaban J connectivity index is 2.35. The number of rotatable bonds is 6. The number of halogens is 1. The average molecular weight is 398 g/mol. The van der Waals surface area contributed by atoms with Gasteiger partial charge in [-0.05, 0) is 40.2 Å². The van der Waals surface area contributed by atoms with Gasteiger partial charge in [0.25, 0.3) is 0 Å². The quantitative estimate of drug-likeness (QED) is 0.591. The molecule has 26 heavy (non-hydrogen) atoms. The lowest BCUT2D eigenvalue weighted by molar-refractivity contribution is -0.119. The SMILES string of the molecule is CCOC(=O)c1c(NC(=O)C(C)n2cc(Cl)c(C)n2)sc(C(C)=O)c1C. The van der Waals surface area contributed by atoms with Crippen molar-refractivity contribution in [2.45, 2.75) is 40.7 Å². The molecule has 0 fully saturated rings. The molecular formula is C17H20ClN3O4S. The van der Waals surface area contributed by atoms with Crippen LogP contribution >= 0.6 is 22.9 Å². The van der Waals surface area contributed by atoms with Crippen LogP contribution in [-0.2, 0) is 9.53 Å². The molecule has 0 aliphatic carbocycles. The van der Waals surface area contributed by atoms with E-state index in [1.54, 1.807) is 33.9 Å². The molecule has 140 valence electrons. The Morgan fingerprint density at radius 3 is 2.54 bits per heavy atom. The Bertz CT molecular complexity index is 852. The second-order valence-electron chi connectivity index (χ2n) is 5.74. The van der Waals surface area contributed by atoms with Crippen LogP contribution in [0.5, 0.6) is 0 Å². The highest BCUT2D eigenvalue weighted by atomic mass is 35.5. The zero-order valence-electron chi connectivity index (χ0n) is 15.2. The van der Waals surface area contributed by atoms with Crippen molar-refractivity contribution in [3.05, 3.63) is 32.9 Å². The number of anilines is 1. The van der Waals surface area contributed by atoms with Crippen LogP contribution in [0.25, 0.3) is 0 Å². The fraction of sp³-hybridized carbons (Fsp3) is 0.412. The van der Waals surface area contributed by atoms with Gasteiger partial charge in [-0.3, -0.25) is 14.3 Å². The first kappa shape index (κ1) is 20.1. The lowest BCUT2D eigenvalue weighted by Gasteiger charge is -2.13. The summed E-state index contributed by atoms with van der Waals surface area (Å²) in [6.45, 7) is 8.36. The van der Waals surface area contributed by atoms with Gasteiger partial charge in [0.2, 0.25) is 5.91 Å². The first-order valence-electron chi connectivity index (χ1n) is 8.00. The number of carbonyl (C=O) groups excluding carboxylic acids is 3. The Morgan fingerprint density at radius 1 is 1.38 bits per heavy atom. The summed E-state index contributed by atoms with van der Waals surface area (Å²) in [5.74, 6) is -1.14. The summed E-state index contributed by atoms with van der Waals surface area (Å²) in [6.07, 6.45) is 1.56. The molecule has 2 rings (SSSR count). The third-order valence-corrected chi connectivity index (χ3v) is 5.49. The Labute approximate surface area is 160 Å². The first-order chi connectivity index (χ1) is 12.2. The summed E-state index contributed by atoms with van der Waals surface area (Å²) in [4.78, 5) is 37.1. The van der Waals surface area contributed by atoms with E-state index < -0.39 is 12.0 Å². The standard InChI is InChI=1S/C17H20ClN3O4S/c1-6-25-17(24)13-8(2)14(11(5)22)26-16(13)19-15(23)10(4)21-7-12(18)9(3)20-21/h7,10H,6H2,1-5H3,(H,19,23). The van der Waals surface area contributed by atoms with Crippen molar-refractivity contribution in [2.24, 2.45) is 0 Å². The topological polar surface area (TPSA) is 90.3 Å². The molecule has 0 radical (unpaired) electrons. The van der Waals surface area contributed by atoms with Crippen molar-refractivity contribution in [2.75, 3.05) is 11.9 Å². The highest BCUT2D eigenvalue weighted by Crippen LogP contribution is 2.34. The highest BCUT2D eigenvalue weighted by Gasteiger charge is 2.27. The lowest BCUT2D eigenvalue weighted by Crippen LogP contribution is -2.24. The van der Waals surface area contributed by atoms with E-state index in [0.717, 1.165) is 11.3 Å². The Kier molecular flexibility index (Phi) is 6.20. The van der Waals surface area contributed by atoms with Crippen molar-refractivity contribution < 1.29 is 19.1 Å². The molecular weight excluding hydrogens is 378 g/mol. The number of ether oxygens (including phenoxy) is 1. The summed E-state index contributed by atoms with van der Waals surface area (Å²) in [7, 11) is 0. The van der Waals surface area contributed by atoms with E-state index in [2.05, 4.69) is 10.4 Å². The van der Waals surface area contributed by atoms with Crippen molar-refractivity contribution in [3.8, 4) is 0 Å². The van der Waals surface area contributed by atoms with E-state index in [0.29, 0.717) is 21.2 Å². The van der Waals surface area contributed by atoms with E-state index in [-0.39, 0.29) is 28.9 Å². The van der Waals surface area contributed by atoms with Crippen LogP contribution in [0.1, 0.15) is 58.1 Å². The van der Waals surface area contributed by atoms with Gasteiger partial charge in [-0.1, -0.05) is 11.6 Å². The summed E-state index contributed by atoms with van der Waals surface area (Å²) in [5.41, 5.74) is 1.32. The van der Waals surface area contributed by atoms with E-state index in [4.69, 9.17) is 16.3 Å². The molecule has 0 spiro atoms. The zero-order valence-corrected chi connectivity index (χ0v) is 16.7. The molecule has 2 aromatic rings. The highest BCUT2D eigenvalue weighted by molar-refractivity contribution is 7.18. The van der Waals surface area contributed by atoms with Gasteiger partial charge in [-0.2, -0.15) is 5.10 Å². The van der Waals surface area contributed by atoms with Gasteiger partial charge in [-0.25, -0.2) is 4.79 Å². The number of hydrogen-bond acceptors (Lipinski definition) is 6. The van der Waals surface area contributed by atoms with Crippen molar-refractivity contribution in [3.63, 3.8) is 0 Å². The molecule has 2 aromatic heterocycles. The fourth-order valence-corrected chi connectivity index (χ4v) is 3.61. The van der Waals surface area contributed by atoms with E-state index >= 15 is 0 Å². The number of aryl methyl sites for hydroxylation is 1. The normalized spacial score (nSPS) is 11.9. The van der Waals surface area contributed by atoms with Gasteiger partial charge >= 0.3 is 5.97 Å². The lowest BCUT2D eigenvalue weighted by atomic mass is 10.1. The number of hydrogen-bond donors (Lipinski definition) is 1. The number of nitrogens with one attached hydrogen (secondary N) is 1. The third kappa shape index (κ3) is 3.96. The molecule has 0 saturated carbocycles. The predicted molar refractivity (Wildman–Crippen MR) is 100 cm³/mol. The smallest absolute Gasteiger partial charge is 0.341 e. The number of Topliss-reactive ketones (excluding diaryl/α,β-unsaturated/α-hetero) is 1. The van der Waals surface area contributed by atoms with Crippen LogP contribution in [0.4, 0.5) is 5.00 Å². The van der Waals surface area contributed by atoms with Gasteiger partial charge in [0.1, 0.15) is 11.0 Å². The average Bonchev–Trinajstić information content (AvgIpc) is 3.07. The minimum atomic E-state index is -0.653. The number of aromatic nitrogens is 2. The van der Waals surface area contributed by atoms with Crippen LogP contribution in [0.3, 0.4) is 0 Å². The number of thiophene rings is 1. The zero-order chi connectivity index (χ0) is 19.6. The van der Waals surface area contributed by atoms with E-state index in [1.165, 1.54) is 11.6 Å². The predicted octanol–water partition coefficient (Wildman–Crippen LogP) is 3.79. The van der Waals surface area contributed by atoms with E-state index in [9.17, 15) is 14.4 Å². The monoisotopic (exact) mass is 397 g/mol. The summed E-state index contributed by atoms with van der Waals surface area (Å²) < 4.78 is 6.51. The maximum atomic E-state index is 12.6. The Hall–Kier alpha value is -2.19. The van der Waals surface area contributed by atoms with E-state index in [1.807, 2.05) is 0 Å². The van der Waals surface area contributed by atoms with Crippen LogP contribution in [0, 0.1) is 13.8 Å². The fourth-order valence-electron chi connectivity index (χ4n) is 2.38. The molecule has 0 aromatic carbocycles. The van der Waals surface area contributed by atoms with Crippen LogP contribution in [0.15, 0.2) is 6.20 Å². The van der Waals surface area contributed by atoms with Gasteiger partial charge in [0, 0.05) is 6.20 Å². The first-order valence-corrected chi connectivity index (χ1v) is 9.20. The molecule has 0 aliphatic rings. The molecule has 7 nitrogen and oxygen atoms in total. The summed E-state index contributed by atoms with van der Waals surface area (Å²) in [6, 6.07) is -0.653. The van der Waals surface area contributed by atoms with Crippen LogP contribution in [0.2, 0.25) is 5.02 Å². The maximum Gasteiger partial charge on any atom is 0.341 e. The van der Waals surface area contributed by atoms with Gasteiger partial charge < -0.3 is 10.1 Å². The summed E-state index contributed by atoms with van der Waals surface area (Å²) >= 11 is 7.05.